The number of halogens is 1. The predicted molar refractivity (Wildman–Crippen MR) is 119 cm³/mol. The Balaban J connectivity index is 1.74. The van der Waals surface area contributed by atoms with Gasteiger partial charge in [0, 0.05) is 10.6 Å². The van der Waals surface area contributed by atoms with E-state index in [4.69, 9.17) is 16.3 Å². The van der Waals surface area contributed by atoms with Crippen molar-refractivity contribution in [2.45, 2.75) is 51.0 Å². The van der Waals surface area contributed by atoms with E-state index < -0.39 is 17.9 Å². The highest BCUT2D eigenvalue weighted by atomic mass is 35.5. The molecule has 0 saturated heterocycles. The van der Waals surface area contributed by atoms with Crippen LogP contribution < -0.4 is 4.74 Å². The molecule has 0 bridgehead atoms. The van der Waals surface area contributed by atoms with E-state index in [2.05, 4.69) is 6.08 Å². The maximum atomic E-state index is 12.8. The van der Waals surface area contributed by atoms with Gasteiger partial charge in [0.05, 0.1) is 12.0 Å². The van der Waals surface area contributed by atoms with Crippen molar-refractivity contribution < 1.29 is 24.2 Å². The van der Waals surface area contributed by atoms with Gasteiger partial charge >= 0.3 is 5.97 Å². The molecule has 162 valence electrons. The zero-order valence-electron chi connectivity index (χ0n) is 17.2. The molecule has 6 heteroatoms. The number of hydrogen-bond acceptors (Lipinski definition) is 4. The molecule has 1 unspecified atom stereocenters. The van der Waals surface area contributed by atoms with Crippen molar-refractivity contribution in [3.63, 3.8) is 0 Å². The van der Waals surface area contributed by atoms with Crippen LogP contribution in [0.25, 0.3) is 0 Å². The Hall–Kier alpha value is -2.92. The molecule has 5 nitrogen and oxygen atoms in total. The van der Waals surface area contributed by atoms with E-state index >= 15 is 0 Å². The molecular weight excluding hydrogens is 416 g/mol. The summed E-state index contributed by atoms with van der Waals surface area (Å²) in [7, 11) is 0. The lowest BCUT2D eigenvalue weighted by atomic mass is 9.95. The highest BCUT2D eigenvalue weighted by molar-refractivity contribution is 6.31. The van der Waals surface area contributed by atoms with Crippen LogP contribution in [-0.4, -0.2) is 28.7 Å². The summed E-state index contributed by atoms with van der Waals surface area (Å²) in [5.41, 5.74) is 1.84. The van der Waals surface area contributed by atoms with Gasteiger partial charge in [-0.1, -0.05) is 53.6 Å². The molecule has 0 radical (unpaired) electrons. The molecule has 0 aliphatic heterocycles. The maximum Gasteiger partial charge on any atom is 0.344 e. The van der Waals surface area contributed by atoms with E-state index in [-0.39, 0.29) is 23.5 Å². The van der Waals surface area contributed by atoms with E-state index in [1.165, 1.54) is 23.8 Å². The van der Waals surface area contributed by atoms with Crippen molar-refractivity contribution in [2.75, 3.05) is 0 Å². The van der Waals surface area contributed by atoms with Crippen LogP contribution in [0.2, 0.25) is 5.02 Å². The molecule has 0 aromatic heterocycles. The first-order valence-corrected chi connectivity index (χ1v) is 10.8. The Labute approximate surface area is 186 Å². The quantitative estimate of drug-likeness (QED) is 0.282. The van der Waals surface area contributed by atoms with Crippen LogP contribution in [0.3, 0.4) is 0 Å². The van der Waals surface area contributed by atoms with E-state index in [1.54, 1.807) is 30.3 Å². The third kappa shape index (κ3) is 6.53. The lowest BCUT2D eigenvalue weighted by Crippen LogP contribution is -2.28. The SMILES string of the molecule is O=C(CC(=O)c1ccc(Cl)cc1OC(CCC1=CCCCC1)C(=O)O)c1ccccc1. The van der Waals surface area contributed by atoms with Crippen LogP contribution in [-0.2, 0) is 4.79 Å². The molecule has 1 N–H and O–H groups in total. The number of carboxylic acids is 1. The Morgan fingerprint density at radius 2 is 1.81 bits per heavy atom. The van der Waals surface area contributed by atoms with Gasteiger partial charge in [-0.25, -0.2) is 4.79 Å². The number of Topliss-reactive ketones (excluding diaryl/α,β-unsaturated/α-hetero) is 2. The monoisotopic (exact) mass is 440 g/mol. The Kier molecular flexibility index (Phi) is 8.01. The number of allylic oxidation sites excluding steroid dienone is 2. The minimum Gasteiger partial charge on any atom is -0.479 e. The lowest BCUT2D eigenvalue weighted by molar-refractivity contribution is -0.145. The smallest absolute Gasteiger partial charge is 0.344 e. The predicted octanol–water partition coefficient (Wildman–Crippen LogP) is 5.91. The first-order chi connectivity index (χ1) is 14.9. The fourth-order valence-corrected chi connectivity index (χ4v) is 3.79. The van der Waals surface area contributed by atoms with Crippen molar-refractivity contribution in [1.82, 2.24) is 0 Å². The number of rotatable bonds is 10. The molecule has 0 amide bonds. The number of carboxylic acid groups (broad SMARTS) is 1. The zero-order valence-corrected chi connectivity index (χ0v) is 17.9. The van der Waals surface area contributed by atoms with Gasteiger partial charge in [-0.05, 0) is 56.7 Å². The average molecular weight is 441 g/mol. The zero-order chi connectivity index (χ0) is 22.2. The lowest BCUT2D eigenvalue weighted by Gasteiger charge is -2.19. The van der Waals surface area contributed by atoms with E-state index in [9.17, 15) is 19.5 Å². The van der Waals surface area contributed by atoms with Crippen molar-refractivity contribution in [2.24, 2.45) is 0 Å². The van der Waals surface area contributed by atoms with Gasteiger partial charge in [0.1, 0.15) is 5.75 Å². The third-order valence-corrected chi connectivity index (χ3v) is 5.55. The highest BCUT2D eigenvalue weighted by Crippen LogP contribution is 2.28. The highest BCUT2D eigenvalue weighted by Gasteiger charge is 2.24. The van der Waals surface area contributed by atoms with Gasteiger partial charge < -0.3 is 9.84 Å². The van der Waals surface area contributed by atoms with Gasteiger partial charge in [-0.15, -0.1) is 0 Å². The molecule has 1 atom stereocenters. The summed E-state index contributed by atoms with van der Waals surface area (Å²) in [5.74, 6) is -1.77. The molecule has 0 spiro atoms. The van der Waals surface area contributed by atoms with Gasteiger partial charge in [-0.2, -0.15) is 0 Å². The van der Waals surface area contributed by atoms with Gasteiger partial charge in [-0.3, -0.25) is 9.59 Å². The minimum absolute atomic E-state index is 0.0865. The van der Waals surface area contributed by atoms with E-state index in [0.29, 0.717) is 23.4 Å². The summed E-state index contributed by atoms with van der Waals surface area (Å²) in [6, 6.07) is 13.0. The molecular formula is C25H25ClO5. The van der Waals surface area contributed by atoms with Crippen LogP contribution in [0.1, 0.15) is 65.7 Å². The third-order valence-electron chi connectivity index (χ3n) is 5.32. The molecule has 0 fully saturated rings. The summed E-state index contributed by atoms with van der Waals surface area (Å²) in [6.45, 7) is 0. The second-order valence-electron chi connectivity index (χ2n) is 7.62. The second-order valence-corrected chi connectivity index (χ2v) is 8.06. The Morgan fingerprint density at radius 3 is 2.48 bits per heavy atom. The fourth-order valence-electron chi connectivity index (χ4n) is 3.63. The first kappa shape index (κ1) is 22.8. The van der Waals surface area contributed by atoms with E-state index in [0.717, 1.165) is 25.7 Å². The van der Waals surface area contributed by atoms with Gasteiger partial charge in [0.2, 0.25) is 0 Å². The summed E-state index contributed by atoms with van der Waals surface area (Å²) >= 11 is 6.07. The number of aliphatic carboxylic acids is 1. The Bertz CT molecular complexity index is 981. The second kappa shape index (κ2) is 10.9. The molecule has 0 saturated carbocycles. The normalized spacial score (nSPS) is 14.4. The molecule has 31 heavy (non-hydrogen) atoms. The van der Waals surface area contributed by atoms with Crippen molar-refractivity contribution in [1.29, 1.82) is 0 Å². The standard InChI is InChI=1S/C25H25ClO5/c26-19-12-13-20(22(28)16-21(27)18-9-5-2-6-10-18)24(15-19)31-23(25(29)30)14-11-17-7-3-1-4-8-17/h2,5-7,9-10,12-13,15,23H,1,3-4,8,11,14,16H2,(H,29,30). The maximum absolute atomic E-state index is 12.8. The summed E-state index contributed by atoms with van der Waals surface area (Å²) in [5, 5.41) is 9.96. The number of ether oxygens (including phenoxy) is 1. The molecule has 1 aliphatic carbocycles. The minimum atomic E-state index is -1.11. The molecule has 0 heterocycles. The van der Waals surface area contributed by atoms with Gasteiger partial charge in [0.25, 0.3) is 0 Å². The molecule has 1 aliphatic rings. The summed E-state index contributed by atoms with van der Waals surface area (Å²) < 4.78 is 5.74. The molecule has 2 aromatic carbocycles. The topological polar surface area (TPSA) is 80.7 Å². The van der Waals surface area contributed by atoms with Crippen LogP contribution in [0, 0.1) is 0 Å². The van der Waals surface area contributed by atoms with Crippen LogP contribution in [0.5, 0.6) is 5.75 Å². The number of carbonyl (C=O) groups is 3. The van der Waals surface area contributed by atoms with Crippen LogP contribution >= 0.6 is 11.6 Å². The fraction of sp³-hybridized carbons (Fsp3) is 0.320. The van der Waals surface area contributed by atoms with Crippen molar-refractivity contribution in [3.8, 4) is 5.75 Å². The number of hydrogen-bond donors (Lipinski definition) is 1. The first-order valence-electron chi connectivity index (χ1n) is 10.4. The number of ketones is 2. The van der Waals surface area contributed by atoms with Crippen LogP contribution in [0.4, 0.5) is 0 Å². The van der Waals surface area contributed by atoms with Crippen molar-refractivity contribution >= 4 is 29.1 Å². The largest absolute Gasteiger partial charge is 0.479 e. The number of carbonyl (C=O) groups excluding carboxylic acids is 2. The average Bonchev–Trinajstić information content (AvgIpc) is 2.77. The molecule has 3 rings (SSSR count). The van der Waals surface area contributed by atoms with Crippen molar-refractivity contribution in [3.05, 3.63) is 76.3 Å². The van der Waals surface area contributed by atoms with Crippen LogP contribution in [0.15, 0.2) is 60.2 Å². The van der Waals surface area contributed by atoms with Gasteiger partial charge in [0.15, 0.2) is 17.7 Å². The summed E-state index contributed by atoms with van der Waals surface area (Å²) in [4.78, 5) is 37.0. The summed E-state index contributed by atoms with van der Waals surface area (Å²) in [6.07, 6.45) is 5.93. The number of benzene rings is 2. The Morgan fingerprint density at radius 1 is 1.03 bits per heavy atom. The van der Waals surface area contributed by atoms with E-state index in [1.807, 2.05) is 0 Å². The molecule has 2 aromatic rings.